The van der Waals surface area contributed by atoms with Crippen LogP contribution in [0.3, 0.4) is 0 Å². The van der Waals surface area contributed by atoms with Crippen molar-refractivity contribution in [3.05, 3.63) is 12.7 Å². The molecule has 0 bridgehead atoms. The van der Waals surface area contributed by atoms with Crippen molar-refractivity contribution in [1.29, 1.82) is 0 Å². The third-order valence-electron chi connectivity index (χ3n) is 3.76. The Kier molecular flexibility index (Phi) is 36.9. The van der Waals surface area contributed by atoms with E-state index in [-0.39, 0.29) is 40.2 Å². The van der Waals surface area contributed by atoms with E-state index in [2.05, 4.69) is 17.0 Å². The predicted molar refractivity (Wildman–Crippen MR) is 110 cm³/mol. The van der Waals surface area contributed by atoms with Crippen molar-refractivity contribution in [2.45, 2.75) is 64.2 Å². The molecule has 0 aromatic carbocycles. The molecule has 0 spiro atoms. The van der Waals surface area contributed by atoms with Crippen LogP contribution in [0.4, 0.5) is 0 Å². The molecule has 0 fully saturated rings. The van der Waals surface area contributed by atoms with E-state index in [0.29, 0.717) is 45.9 Å². The fourth-order valence-electron chi connectivity index (χ4n) is 2.33. The van der Waals surface area contributed by atoms with Crippen molar-refractivity contribution < 1.29 is 45.5 Å². The standard InChI is InChI=1S/C16H33N2O3.C4H9O2.W/c17-11-9-7-5-3-1-2-4-6-8-10-16(20)18-12-14-21-15-13-19;1-2-6-4-3-5;/h17,19H,1-15H2,(H,18,20);5H,1-4H2;/q2*-1;+2. The number of aliphatic hydroxyl groups is 2. The Labute approximate surface area is 186 Å². The number of carbonyl (C=O) groups is 1. The van der Waals surface area contributed by atoms with Crippen LogP contribution in [-0.2, 0) is 35.3 Å². The van der Waals surface area contributed by atoms with Gasteiger partial charge in [-0.1, -0.05) is 58.0 Å². The molecule has 0 aromatic rings. The largest absolute Gasteiger partial charge is 2.00 e. The molecular weight excluding hydrogens is 532 g/mol. The van der Waals surface area contributed by atoms with Gasteiger partial charge in [0.2, 0.25) is 5.91 Å². The third-order valence-corrected chi connectivity index (χ3v) is 3.76. The van der Waals surface area contributed by atoms with Crippen LogP contribution in [0.1, 0.15) is 64.2 Å². The summed E-state index contributed by atoms with van der Waals surface area (Å²) in [5.74, 6) is 0.0954. The summed E-state index contributed by atoms with van der Waals surface area (Å²) < 4.78 is 9.68. The van der Waals surface area contributed by atoms with E-state index >= 15 is 0 Å². The van der Waals surface area contributed by atoms with Crippen LogP contribution in [0.25, 0.3) is 5.73 Å². The molecule has 0 aliphatic rings. The number of rotatable bonds is 19. The molecular formula is C20H42N2O5W. The van der Waals surface area contributed by atoms with Crippen LogP contribution >= 0.6 is 0 Å². The zero-order valence-electron chi connectivity index (χ0n) is 17.5. The van der Waals surface area contributed by atoms with Crippen LogP contribution in [0.15, 0.2) is 0 Å². The van der Waals surface area contributed by atoms with Gasteiger partial charge in [-0.3, -0.25) is 4.79 Å². The van der Waals surface area contributed by atoms with E-state index in [0.717, 1.165) is 19.3 Å². The minimum Gasteiger partial charge on any atom is -0.677 e. The Hall–Kier alpha value is -0.0417. The molecule has 0 saturated carbocycles. The summed E-state index contributed by atoms with van der Waals surface area (Å²) in [6.07, 6.45) is 11.2. The van der Waals surface area contributed by atoms with E-state index in [1.807, 2.05) is 0 Å². The van der Waals surface area contributed by atoms with E-state index in [1.165, 1.54) is 38.5 Å². The smallest absolute Gasteiger partial charge is 0.677 e. The first-order valence-electron chi connectivity index (χ1n) is 10.3. The van der Waals surface area contributed by atoms with Crippen molar-refractivity contribution in [3.8, 4) is 0 Å². The van der Waals surface area contributed by atoms with Gasteiger partial charge in [-0.2, -0.15) is 6.54 Å². The second-order valence-electron chi connectivity index (χ2n) is 6.20. The van der Waals surface area contributed by atoms with Crippen LogP contribution in [0, 0.1) is 6.92 Å². The van der Waals surface area contributed by atoms with Gasteiger partial charge in [0.15, 0.2) is 0 Å². The van der Waals surface area contributed by atoms with Crippen molar-refractivity contribution in [2.75, 3.05) is 52.7 Å². The molecule has 7 nitrogen and oxygen atoms in total. The minimum absolute atomic E-state index is 0. The van der Waals surface area contributed by atoms with Gasteiger partial charge < -0.3 is 37.7 Å². The molecule has 0 atom stereocenters. The number of nitrogens with one attached hydrogen (secondary N) is 2. The van der Waals surface area contributed by atoms with Gasteiger partial charge in [0.05, 0.1) is 33.0 Å². The Morgan fingerprint density at radius 1 is 0.821 bits per heavy atom. The minimum atomic E-state index is 0. The molecule has 8 heteroatoms. The van der Waals surface area contributed by atoms with Gasteiger partial charge in [0.25, 0.3) is 0 Å². The second kappa shape index (κ2) is 31.6. The number of aliphatic hydroxyl groups excluding tert-OH is 2. The van der Waals surface area contributed by atoms with E-state index in [4.69, 9.17) is 20.7 Å². The SMILES string of the molecule is [CH2-]COCCO.[NH-]CCCCCCCCCCCC(=O)NCCOCCO.[W+2]. The van der Waals surface area contributed by atoms with Crippen LogP contribution in [0.2, 0.25) is 0 Å². The van der Waals surface area contributed by atoms with Crippen molar-refractivity contribution in [3.63, 3.8) is 0 Å². The summed E-state index contributed by atoms with van der Waals surface area (Å²) in [7, 11) is 0. The van der Waals surface area contributed by atoms with Crippen molar-refractivity contribution in [1.82, 2.24) is 5.32 Å². The number of hydrogen-bond acceptors (Lipinski definition) is 5. The maximum absolute atomic E-state index is 11.5. The molecule has 0 saturated heterocycles. The number of ether oxygens (including phenoxy) is 2. The molecule has 28 heavy (non-hydrogen) atoms. The first kappa shape index (κ1) is 32.6. The van der Waals surface area contributed by atoms with Gasteiger partial charge >= 0.3 is 21.1 Å². The monoisotopic (exact) mass is 574 g/mol. The number of hydrogen-bond donors (Lipinski definition) is 3. The second-order valence-corrected chi connectivity index (χ2v) is 6.20. The predicted octanol–water partition coefficient (Wildman–Crippen LogP) is 2.89. The number of unbranched alkanes of at least 4 members (excludes halogenated alkanes) is 8. The summed E-state index contributed by atoms with van der Waals surface area (Å²) >= 11 is 0. The fourth-order valence-corrected chi connectivity index (χ4v) is 2.33. The third kappa shape index (κ3) is 33.5. The summed E-state index contributed by atoms with van der Waals surface area (Å²) in [6, 6.07) is 0. The van der Waals surface area contributed by atoms with Crippen molar-refractivity contribution in [2.24, 2.45) is 0 Å². The summed E-state index contributed by atoms with van der Waals surface area (Å²) in [5.41, 5.74) is 7.05. The molecule has 0 unspecified atom stereocenters. The zero-order valence-corrected chi connectivity index (χ0v) is 20.4. The van der Waals surface area contributed by atoms with E-state index in [1.54, 1.807) is 0 Å². The van der Waals surface area contributed by atoms with Gasteiger partial charge in [0.1, 0.15) is 0 Å². The van der Waals surface area contributed by atoms with Gasteiger partial charge in [-0.25, -0.2) is 0 Å². The molecule has 168 valence electrons. The van der Waals surface area contributed by atoms with E-state index in [9.17, 15) is 4.79 Å². The van der Waals surface area contributed by atoms with Crippen LogP contribution in [-0.4, -0.2) is 68.9 Å². The van der Waals surface area contributed by atoms with Crippen molar-refractivity contribution >= 4 is 5.91 Å². The average Bonchev–Trinajstić information content (AvgIpc) is 2.68. The molecule has 0 heterocycles. The molecule has 0 rings (SSSR count). The maximum Gasteiger partial charge on any atom is 2.00 e. The quantitative estimate of drug-likeness (QED) is 0.162. The van der Waals surface area contributed by atoms with Crippen LogP contribution < -0.4 is 5.32 Å². The van der Waals surface area contributed by atoms with E-state index < -0.39 is 0 Å². The summed E-state index contributed by atoms with van der Waals surface area (Å²) in [5, 5.41) is 19.4. The summed E-state index contributed by atoms with van der Waals surface area (Å²) in [6.45, 7) is 6.25. The fraction of sp³-hybridized carbons (Fsp3) is 0.900. The topological polar surface area (TPSA) is 112 Å². The van der Waals surface area contributed by atoms with Gasteiger partial charge in [-0.05, 0) is 6.42 Å². The number of amides is 1. The maximum atomic E-state index is 11.5. The Balaban J connectivity index is -0.000000771. The first-order chi connectivity index (χ1) is 13.2. The van der Waals surface area contributed by atoms with Gasteiger partial charge in [-0.15, -0.1) is 0 Å². The molecule has 4 N–H and O–H groups in total. The van der Waals surface area contributed by atoms with Gasteiger partial charge in [0, 0.05) is 13.0 Å². The Morgan fingerprint density at radius 3 is 1.79 bits per heavy atom. The average molecular weight is 574 g/mol. The molecule has 1 amide bonds. The summed E-state index contributed by atoms with van der Waals surface area (Å²) in [4.78, 5) is 11.5. The zero-order chi connectivity index (χ0) is 20.4. The molecule has 0 radical (unpaired) electrons. The van der Waals surface area contributed by atoms with Crippen LogP contribution in [0.5, 0.6) is 0 Å². The molecule has 0 aliphatic heterocycles. The normalized spacial score (nSPS) is 10.0. The first-order valence-corrected chi connectivity index (χ1v) is 10.3. The molecule has 0 aromatic heterocycles. The number of carbonyl (C=O) groups excluding carboxylic acids is 1. The molecule has 0 aliphatic carbocycles. The Morgan fingerprint density at radius 2 is 1.32 bits per heavy atom. The Bertz CT molecular complexity index is 283.